The molecular weight excluding hydrogens is 318 g/mol. The van der Waals surface area contributed by atoms with E-state index in [1.165, 1.54) is 0 Å². The fourth-order valence-corrected chi connectivity index (χ4v) is 3.62. The van der Waals surface area contributed by atoms with Gasteiger partial charge in [0, 0.05) is 38.9 Å². The van der Waals surface area contributed by atoms with E-state index in [9.17, 15) is 9.59 Å². The molecule has 0 radical (unpaired) electrons. The molecule has 0 saturated carbocycles. The maximum atomic E-state index is 13.0. The zero-order valence-electron chi connectivity index (χ0n) is 15.1. The number of benzene rings is 1. The summed E-state index contributed by atoms with van der Waals surface area (Å²) in [6.07, 6.45) is 1.40. The lowest BCUT2D eigenvalue weighted by atomic mass is 9.90. The summed E-state index contributed by atoms with van der Waals surface area (Å²) in [5.74, 6) is 0.106. The van der Waals surface area contributed by atoms with Crippen LogP contribution in [-0.4, -0.2) is 73.6 Å². The largest absolute Gasteiger partial charge is 0.368 e. The number of carbonyl (C=O) groups is 2. The van der Waals surface area contributed by atoms with Crippen LogP contribution in [0.1, 0.15) is 28.8 Å². The molecular formula is C19H27N3O3. The average Bonchev–Trinajstić information content (AvgIpc) is 2.68. The number of rotatable bonds is 3. The van der Waals surface area contributed by atoms with Gasteiger partial charge in [-0.25, -0.2) is 0 Å². The summed E-state index contributed by atoms with van der Waals surface area (Å²) in [6, 6.07) is 7.63. The molecule has 6 heteroatoms. The van der Waals surface area contributed by atoms with Crippen LogP contribution in [-0.2, 0) is 9.53 Å². The van der Waals surface area contributed by atoms with E-state index < -0.39 is 5.60 Å². The third-order valence-electron chi connectivity index (χ3n) is 5.34. The highest BCUT2D eigenvalue weighted by Gasteiger charge is 2.43. The summed E-state index contributed by atoms with van der Waals surface area (Å²) in [7, 11) is 1.63. The van der Waals surface area contributed by atoms with Gasteiger partial charge in [-0.05, 0) is 45.0 Å². The van der Waals surface area contributed by atoms with Gasteiger partial charge in [0.05, 0.1) is 0 Å². The van der Waals surface area contributed by atoms with Crippen molar-refractivity contribution in [1.29, 1.82) is 0 Å². The maximum absolute atomic E-state index is 13.0. The van der Waals surface area contributed by atoms with E-state index in [-0.39, 0.29) is 11.8 Å². The number of nitrogens with one attached hydrogen (secondary N) is 1. The number of nitrogens with zero attached hydrogens (tertiary/aromatic N) is 2. The summed E-state index contributed by atoms with van der Waals surface area (Å²) in [5, 5.41) is 3.27. The molecule has 2 aliphatic heterocycles. The predicted molar refractivity (Wildman–Crippen MR) is 95.5 cm³/mol. The molecule has 2 fully saturated rings. The van der Waals surface area contributed by atoms with E-state index in [4.69, 9.17) is 4.74 Å². The Labute approximate surface area is 149 Å². The van der Waals surface area contributed by atoms with Crippen LogP contribution in [0.25, 0.3) is 0 Å². The van der Waals surface area contributed by atoms with Crippen molar-refractivity contribution in [3.63, 3.8) is 0 Å². The normalized spacial score (nSPS) is 20.4. The van der Waals surface area contributed by atoms with E-state index in [2.05, 4.69) is 5.32 Å². The molecule has 0 atom stereocenters. The van der Waals surface area contributed by atoms with Gasteiger partial charge >= 0.3 is 0 Å². The van der Waals surface area contributed by atoms with Crippen molar-refractivity contribution in [3.8, 4) is 0 Å². The summed E-state index contributed by atoms with van der Waals surface area (Å²) in [6.45, 7) is 5.86. The molecule has 2 heterocycles. The van der Waals surface area contributed by atoms with Gasteiger partial charge in [0.1, 0.15) is 5.60 Å². The van der Waals surface area contributed by atoms with Crippen LogP contribution in [0.3, 0.4) is 0 Å². The Morgan fingerprint density at radius 3 is 2.12 bits per heavy atom. The molecule has 0 spiro atoms. The number of amides is 2. The second-order valence-electron chi connectivity index (χ2n) is 6.90. The summed E-state index contributed by atoms with van der Waals surface area (Å²) in [5.41, 5.74) is 1.14. The monoisotopic (exact) mass is 345 g/mol. The van der Waals surface area contributed by atoms with E-state index in [0.717, 1.165) is 18.7 Å². The Hall–Kier alpha value is -1.92. The van der Waals surface area contributed by atoms with Gasteiger partial charge in [0.2, 0.25) is 0 Å². The van der Waals surface area contributed by atoms with Crippen LogP contribution in [0, 0.1) is 6.92 Å². The zero-order chi connectivity index (χ0) is 17.9. The summed E-state index contributed by atoms with van der Waals surface area (Å²) in [4.78, 5) is 29.2. The van der Waals surface area contributed by atoms with Crippen molar-refractivity contribution < 1.29 is 14.3 Å². The van der Waals surface area contributed by atoms with Crippen molar-refractivity contribution in [2.45, 2.75) is 25.4 Å². The van der Waals surface area contributed by atoms with Gasteiger partial charge in [0.15, 0.2) is 0 Å². The molecule has 0 unspecified atom stereocenters. The topological polar surface area (TPSA) is 61.9 Å². The molecule has 0 bridgehead atoms. The first-order chi connectivity index (χ1) is 12.1. The van der Waals surface area contributed by atoms with E-state index >= 15 is 0 Å². The SMILES string of the molecule is COC1(C(=O)N2CCN(C(=O)c3ccc(C)cc3)CC2)CCNCC1. The molecule has 3 rings (SSSR count). The standard InChI is InChI=1S/C19H27N3O3/c1-15-3-5-16(6-4-15)17(23)21-11-13-22(14-12-21)18(24)19(25-2)7-9-20-10-8-19/h3-6,20H,7-14H2,1-2H3. The number of methoxy groups -OCH3 is 1. The number of ether oxygens (including phenoxy) is 1. The first-order valence-electron chi connectivity index (χ1n) is 8.97. The molecule has 0 aromatic heterocycles. The van der Waals surface area contributed by atoms with Crippen molar-refractivity contribution in [2.24, 2.45) is 0 Å². The number of carbonyl (C=O) groups excluding carboxylic acids is 2. The minimum Gasteiger partial charge on any atom is -0.368 e. The average molecular weight is 345 g/mol. The van der Waals surface area contributed by atoms with Crippen LogP contribution < -0.4 is 5.32 Å². The second kappa shape index (κ2) is 7.54. The van der Waals surface area contributed by atoms with Crippen LogP contribution in [0.2, 0.25) is 0 Å². The molecule has 25 heavy (non-hydrogen) atoms. The van der Waals surface area contributed by atoms with Crippen LogP contribution in [0.5, 0.6) is 0 Å². The van der Waals surface area contributed by atoms with Crippen LogP contribution in [0.4, 0.5) is 0 Å². The third kappa shape index (κ3) is 3.70. The number of aryl methyl sites for hydroxylation is 1. The Bertz CT molecular complexity index is 615. The van der Waals surface area contributed by atoms with Crippen LogP contribution in [0.15, 0.2) is 24.3 Å². The number of piperidine rings is 1. The van der Waals surface area contributed by atoms with Gasteiger partial charge in [-0.3, -0.25) is 9.59 Å². The third-order valence-corrected chi connectivity index (χ3v) is 5.34. The molecule has 2 saturated heterocycles. The van der Waals surface area contributed by atoms with Gasteiger partial charge in [-0.2, -0.15) is 0 Å². The number of hydrogen-bond acceptors (Lipinski definition) is 4. The van der Waals surface area contributed by atoms with Gasteiger partial charge in [-0.1, -0.05) is 17.7 Å². The quantitative estimate of drug-likeness (QED) is 0.889. The summed E-state index contributed by atoms with van der Waals surface area (Å²) < 4.78 is 5.64. The first kappa shape index (κ1) is 17.9. The highest BCUT2D eigenvalue weighted by molar-refractivity contribution is 5.94. The van der Waals surface area contributed by atoms with E-state index in [1.54, 1.807) is 7.11 Å². The summed E-state index contributed by atoms with van der Waals surface area (Å²) >= 11 is 0. The fourth-order valence-electron chi connectivity index (χ4n) is 3.62. The minimum absolute atomic E-state index is 0.0374. The highest BCUT2D eigenvalue weighted by Crippen LogP contribution is 2.26. The lowest BCUT2D eigenvalue weighted by Gasteiger charge is -2.42. The molecule has 1 aromatic rings. The molecule has 1 N–H and O–H groups in total. The minimum atomic E-state index is -0.700. The fraction of sp³-hybridized carbons (Fsp3) is 0.579. The molecule has 6 nitrogen and oxygen atoms in total. The Balaban J connectivity index is 1.60. The predicted octanol–water partition coefficient (Wildman–Crippen LogP) is 1.05. The lowest BCUT2D eigenvalue weighted by Crippen LogP contribution is -2.59. The van der Waals surface area contributed by atoms with E-state index in [0.29, 0.717) is 44.6 Å². The van der Waals surface area contributed by atoms with Crippen molar-refractivity contribution in [2.75, 3.05) is 46.4 Å². The molecule has 1 aromatic carbocycles. The Morgan fingerprint density at radius 1 is 1.00 bits per heavy atom. The van der Waals surface area contributed by atoms with Crippen molar-refractivity contribution >= 4 is 11.8 Å². The van der Waals surface area contributed by atoms with E-state index in [1.807, 2.05) is 41.0 Å². The second-order valence-corrected chi connectivity index (χ2v) is 6.90. The number of hydrogen-bond donors (Lipinski definition) is 1. The van der Waals surface area contributed by atoms with Crippen molar-refractivity contribution in [3.05, 3.63) is 35.4 Å². The molecule has 2 aliphatic rings. The van der Waals surface area contributed by atoms with Gasteiger partial charge < -0.3 is 19.9 Å². The molecule has 2 amide bonds. The van der Waals surface area contributed by atoms with Crippen molar-refractivity contribution in [1.82, 2.24) is 15.1 Å². The highest BCUT2D eigenvalue weighted by atomic mass is 16.5. The van der Waals surface area contributed by atoms with Crippen LogP contribution >= 0.6 is 0 Å². The smallest absolute Gasteiger partial charge is 0.255 e. The van der Waals surface area contributed by atoms with Gasteiger partial charge in [0.25, 0.3) is 11.8 Å². The first-order valence-corrected chi connectivity index (χ1v) is 8.97. The number of piperazine rings is 1. The van der Waals surface area contributed by atoms with Gasteiger partial charge in [-0.15, -0.1) is 0 Å². The Kier molecular flexibility index (Phi) is 5.39. The lowest BCUT2D eigenvalue weighted by molar-refractivity contribution is -0.159. The zero-order valence-corrected chi connectivity index (χ0v) is 15.1. The molecule has 0 aliphatic carbocycles. The maximum Gasteiger partial charge on any atom is 0.255 e. The molecule has 136 valence electrons. The Morgan fingerprint density at radius 2 is 1.56 bits per heavy atom.